The molecule has 88 valence electrons. The third-order valence-corrected chi connectivity index (χ3v) is 4.63. The molecule has 1 aromatic carbocycles. The molecule has 0 aromatic heterocycles. The number of fused-ring (bicyclic) bond motifs is 1. The Morgan fingerprint density at radius 3 is 2.88 bits per heavy atom. The number of aryl methyl sites for hydroxylation is 1. The van der Waals surface area contributed by atoms with Crippen LogP contribution in [0.4, 0.5) is 0 Å². The Hall–Kier alpha value is -0.580. The minimum atomic E-state index is -3.35. The van der Waals surface area contributed by atoms with Gasteiger partial charge in [0.25, 0.3) is 0 Å². The van der Waals surface area contributed by atoms with E-state index in [9.17, 15) is 8.42 Å². The summed E-state index contributed by atoms with van der Waals surface area (Å²) >= 11 is 5.39. The minimum Gasteiger partial charge on any atom is -0.211 e. The van der Waals surface area contributed by atoms with Crippen LogP contribution >= 0.6 is 11.6 Å². The van der Waals surface area contributed by atoms with Crippen LogP contribution in [0, 0.1) is 0 Å². The number of halogens is 1. The molecule has 0 saturated heterocycles. The molecule has 0 saturated carbocycles. The van der Waals surface area contributed by atoms with Crippen molar-refractivity contribution in [1.29, 1.82) is 0 Å². The third kappa shape index (κ3) is 2.56. The van der Waals surface area contributed by atoms with E-state index in [4.69, 9.17) is 11.6 Å². The highest BCUT2D eigenvalue weighted by atomic mass is 35.5. The summed E-state index contributed by atoms with van der Waals surface area (Å²) in [4.78, 5) is 0. The third-order valence-electron chi connectivity index (χ3n) is 2.83. The van der Waals surface area contributed by atoms with E-state index in [2.05, 4.69) is 10.8 Å². The molecule has 2 rings (SSSR count). The number of rotatable bonds is 3. The van der Waals surface area contributed by atoms with Gasteiger partial charge in [-0.25, -0.2) is 13.1 Å². The lowest BCUT2D eigenvalue weighted by Gasteiger charge is -2.25. The molecule has 1 aromatic rings. The molecule has 1 unspecified atom stereocenters. The van der Waals surface area contributed by atoms with Gasteiger partial charge < -0.3 is 0 Å². The maximum Gasteiger partial charge on any atom is 0.226 e. The summed E-state index contributed by atoms with van der Waals surface area (Å²) in [5.41, 5.74) is 2.32. The second-order valence-electron chi connectivity index (χ2n) is 3.99. The first-order chi connectivity index (χ1) is 7.62. The first kappa shape index (κ1) is 11.9. The van der Waals surface area contributed by atoms with Crippen molar-refractivity contribution in [3.05, 3.63) is 35.4 Å². The van der Waals surface area contributed by atoms with Gasteiger partial charge in [0.05, 0.1) is 0 Å². The van der Waals surface area contributed by atoms with Crippen LogP contribution in [0.2, 0.25) is 0 Å². The van der Waals surface area contributed by atoms with E-state index in [1.807, 2.05) is 18.2 Å². The molecule has 1 aliphatic rings. The van der Waals surface area contributed by atoms with Crippen LogP contribution in [0.3, 0.4) is 0 Å². The number of hydrogen-bond donors (Lipinski definition) is 1. The maximum atomic E-state index is 11.4. The van der Waals surface area contributed by atoms with Crippen LogP contribution in [-0.2, 0) is 16.4 Å². The van der Waals surface area contributed by atoms with Gasteiger partial charge >= 0.3 is 0 Å². The van der Waals surface area contributed by atoms with Gasteiger partial charge in [-0.05, 0) is 30.4 Å². The Morgan fingerprint density at radius 2 is 2.12 bits per heavy atom. The second-order valence-corrected chi connectivity index (χ2v) is 6.32. The molecule has 0 spiro atoms. The number of hydrogen-bond acceptors (Lipinski definition) is 2. The molecule has 16 heavy (non-hydrogen) atoms. The average molecular weight is 260 g/mol. The summed E-state index contributed by atoms with van der Waals surface area (Å²) in [6, 6.07) is 7.84. The fourth-order valence-corrected chi connectivity index (χ4v) is 3.05. The molecule has 0 aliphatic heterocycles. The first-order valence-electron chi connectivity index (χ1n) is 5.26. The van der Waals surface area contributed by atoms with Gasteiger partial charge in [-0.3, -0.25) is 0 Å². The van der Waals surface area contributed by atoms with Gasteiger partial charge in [0, 0.05) is 6.04 Å². The Kier molecular flexibility index (Phi) is 3.52. The van der Waals surface area contributed by atoms with Gasteiger partial charge in [-0.2, -0.15) is 0 Å². The zero-order valence-electron chi connectivity index (χ0n) is 8.82. The van der Waals surface area contributed by atoms with E-state index < -0.39 is 10.0 Å². The van der Waals surface area contributed by atoms with Gasteiger partial charge in [-0.1, -0.05) is 24.3 Å². The first-order valence-corrected chi connectivity index (χ1v) is 7.45. The van der Waals surface area contributed by atoms with Gasteiger partial charge in [0.15, 0.2) is 0 Å². The maximum absolute atomic E-state index is 11.4. The molecule has 0 radical (unpaired) electrons. The average Bonchev–Trinajstić information content (AvgIpc) is 2.29. The number of sulfonamides is 1. The summed E-state index contributed by atoms with van der Waals surface area (Å²) in [5.74, 6) is 0. The van der Waals surface area contributed by atoms with E-state index in [-0.39, 0.29) is 11.3 Å². The monoisotopic (exact) mass is 259 g/mol. The predicted molar refractivity (Wildman–Crippen MR) is 64.9 cm³/mol. The van der Waals surface area contributed by atoms with Crippen molar-refractivity contribution in [2.75, 3.05) is 5.21 Å². The second kappa shape index (κ2) is 4.73. The summed E-state index contributed by atoms with van der Waals surface area (Å²) < 4.78 is 25.5. The SMILES string of the molecule is O=S(=O)(CCl)NC1CCCc2ccccc21. The molecule has 0 amide bonds. The zero-order valence-corrected chi connectivity index (χ0v) is 10.4. The molecule has 0 bridgehead atoms. The predicted octanol–water partition coefficient (Wildman–Crippen LogP) is 2.18. The summed E-state index contributed by atoms with van der Waals surface area (Å²) in [6.07, 6.45) is 2.87. The number of nitrogens with one attached hydrogen (secondary N) is 1. The van der Waals surface area contributed by atoms with Crippen molar-refractivity contribution >= 4 is 21.6 Å². The molecule has 5 heteroatoms. The van der Waals surface area contributed by atoms with Crippen LogP contribution in [0.15, 0.2) is 24.3 Å². The molecule has 1 N–H and O–H groups in total. The Labute approximate surface area is 101 Å². The fraction of sp³-hybridized carbons (Fsp3) is 0.455. The topological polar surface area (TPSA) is 46.2 Å². The minimum absolute atomic E-state index is 0.117. The fourth-order valence-electron chi connectivity index (χ4n) is 2.12. The van der Waals surface area contributed by atoms with Crippen molar-refractivity contribution in [2.45, 2.75) is 25.3 Å². The van der Waals surface area contributed by atoms with Crippen LogP contribution in [0.25, 0.3) is 0 Å². The van der Waals surface area contributed by atoms with Gasteiger partial charge in [0.1, 0.15) is 5.21 Å². The van der Waals surface area contributed by atoms with Crippen molar-refractivity contribution in [3.8, 4) is 0 Å². The zero-order chi connectivity index (χ0) is 11.6. The highest BCUT2D eigenvalue weighted by Crippen LogP contribution is 2.29. The van der Waals surface area contributed by atoms with Crippen molar-refractivity contribution in [1.82, 2.24) is 4.72 Å². The highest BCUT2D eigenvalue weighted by Gasteiger charge is 2.23. The molecule has 1 atom stereocenters. The molecular formula is C11H14ClNO2S. The summed E-state index contributed by atoms with van der Waals surface area (Å²) in [6.45, 7) is 0. The molecular weight excluding hydrogens is 246 g/mol. The lowest BCUT2D eigenvalue weighted by atomic mass is 9.88. The highest BCUT2D eigenvalue weighted by molar-refractivity contribution is 7.90. The smallest absolute Gasteiger partial charge is 0.211 e. The Balaban J connectivity index is 2.26. The van der Waals surface area contributed by atoms with Gasteiger partial charge in [0.2, 0.25) is 10.0 Å². The quantitative estimate of drug-likeness (QED) is 0.846. The van der Waals surface area contributed by atoms with Gasteiger partial charge in [-0.15, -0.1) is 11.6 Å². The number of benzene rings is 1. The van der Waals surface area contributed by atoms with E-state index in [1.54, 1.807) is 0 Å². The Bertz CT molecular complexity index is 473. The van der Waals surface area contributed by atoms with Crippen molar-refractivity contribution in [2.24, 2.45) is 0 Å². The molecule has 0 heterocycles. The van der Waals surface area contributed by atoms with E-state index in [1.165, 1.54) is 5.56 Å². The number of alkyl halides is 1. The lowest BCUT2D eigenvalue weighted by molar-refractivity contribution is 0.509. The van der Waals surface area contributed by atoms with Crippen molar-refractivity contribution in [3.63, 3.8) is 0 Å². The molecule has 1 aliphatic carbocycles. The van der Waals surface area contributed by atoms with E-state index in [0.29, 0.717) is 0 Å². The standard InChI is InChI=1S/C11H14ClNO2S/c12-8-16(14,15)13-11-7-3-5-9-4-1-2-6-10(9)11/h1-2,4,6,11,13H,3,5,7-8H2. The lowest BCUT2D eigenvalue weighted by Crippen LogP contribution is -2.31. The van der Waals surface area contributed by atoms with Crippen LogP contribution in [0.5, 0.6) is 0 Å². The summed E-state index contributed by atoms with van der Waals surface area (Å²) in [7, 11) is -3.35. The summed E-state index contributed by atoms with van der Waals surface area (Å²) in [5, 5.41) is -0.383. The van der Waals surface area contributed by atoms with E-state index >= 15 is 0 Å². The molecule has 0 fully saturated rings. The van der Waals surface area contributed by atoms with Crippen LogP contribution in [-0.4, -0.2) is 13.6 Å². The van der Waals surface area contributed by atoms with E-state index in [0.717, 1.165) is 24.8 Å². The van der Waals surface area contributed by atoms with Crippen LogP contribution in [0.1, 0.15) is 30.0 Å². The largest absolute Gasteiger partial charge is 0.226 e. The van der Waals surface area contributed by atoms with Crippen LogP contribution < -0.4 is 4.72 Å². The normalized spacial score (nSPS) is 20.4. The molecule has 3 nitrogen and oxygen atoms in total. The Morgan fingerprint density at radius 1 is 1.38 bits per heavy atom. The van der Waals surface area contributed by atoms with Crippen molar-refractivity contribution < 1.29 is 8.42 Å².